The molecular formula is C9H14N4O2S. The molecule has 0 saturated carbocycles. The first-order valence-electron chi connectivity index (χ1n) is 5.34. The molecule has 1 fully saturated rings. The summed E-state index contributed by atoms with van der Waals surface area (Å²) in [5.41, 5.74) is 8.05. The number of nitrogens with zero attached hydrogens (tertiary/aromatic N) is 2. The lowest BCUT2D eigenvalue weighted by Crippen LogP contribution is -2.39. The smallest absolute Gasteiger partial charge is 0.154 e. The fourth-order valence-corrected chi connectivity index (χ4v) is 3.68. The van der Waals surface area contributed by atoms with Crippen LogP contribution in [0.15, 0.2) is 0 Å². The number of hydrogen-bond donors (Lipinski definition) is 2. The van der Waals surface area contributed by atoms with Crippen LogP contribution >= 0.6 is 0 Å². The molecule has 2 aliphatic rings. The van der Waals surface area contributed by atoms with E-state index < -0.39 is 9.84 Å². The number of fused-ring (bicyclic) bond motifs is 1. The van der Waals surface area contributed by atoms with Gasteiger partial charge in [0.05, 0.1) is 23.2 Å². The van der Waals surface area contributed by atoms with E-state index in [4.69, 9.17) is 5.73 Å². The van der Waals surface area contributed by atoms with Crippen molar-refractivity contribution in [2.45, 2.75) is 19.0 Å². The molecule has 2 aliphatic heterocycles. The summed E-state index contributed by atoms with van der Waals surface area (Å²) in [5, 5.41) is 7.63. The van der Waals surface area contributed by atoms with Gasteiger partial charge in [0.2, 0.25) is 0 Å². The van der Waals surface area contributed by atoms with Gasteiger partial charge in [0.25, 0.3) is 0 Å². The number of nitrogen functional groups attached to an aromatic ring is 1. The lowest BCUT2D eigenvalue weighted by Gasteiger charge is -2.26. The van der Waals surface area contributed by atoms with Crippen molar-refractivity contribution in [3.63, 3.8) is 0 Å². The topological polar surface area (TPSA) is 90.0 Å². The first-order chi connectivity index (χ1) is 7.57. The van der Waals surface area contributed by atoms with Crippen molar-refractivity contribution in [3.8, 4) is 0 Å². The second kappa shape index (κ2) is 3.21. The van der Waals surface area contributed by atoms with E-state index in [-0.39, 0.29) is 17.5 Å². The van der Waals surface area contributed by atoms with Crippen LogP contribution in [0.3, 0.4) is 0 Å². The minimum atomic E-state index is -2.83. The molecule has 6 nitrogen and oxygen atoms in total. The number of nitrogens with two attached hydrogens (primary N) is 1. The Kier molecular flexibility index (Phi) is 2.02. The first kappa shape index (κ1) is 10.1. The van der Waals surface area contributed by atoms with Crippen LogP contribution < -0.4 is 11.1 Å². The van der Waals surface area contributed by atoms with E-state index in [1.807, 2.05) is 0 Å². The van der Waals surface area contributed by atoms with Crippen LogP contribution in [0.1, 0.15) is 17.3 Å². The SMILES string of the molecule is Nc1c2c(nn1C1CS(=O)(=O)C1)CNCC2. The number of anilines is 1. The van der Waals surface area contributed by atoms with Gasteiger partial charge in [-0.25, -0.2) is 13.1 Å². The van der Waals surface area contributed by atoms with Gasteiger partial charge < -0.3 is 11.1 Å². The van der Waals surface area contributed by atoms with E-state index >= 15 is 0 Å². The molecule has 0 aromatic carbocycles. The lowest BCUT2D eigenvalue weighted by molar-refractivity contribution is 0.474. The third-order valence-corrected chi connectivity index (χ3v) is 5.00. The average molecular weight is 242 g/mol. The minimum Gasteiger partial charge on any atom is -0.384 e. The van der Waals surface area contributed by atoms with Crippen molar-refractivity contribution in [1.29, 1.82) is 0 Å². The third-order valence-electron chi connectivity index (χ3n) is 3.22. The molecule has 3 N–H and O–H groups in total. The third kappa shape index (κ3) is 1.42. The summed E-state index contributed by atoms with van der Waals surface area (Å²) in [6.07, 6.45) is 0.876. The molecule has 3 heterocycles. The van der Waals surface area contributed by atoms with Crippen LogP contribution in [0.25, 0.3) is 0 Å². The van der Waals surface area contributed by atoms with Gasteiger partial charge in [0.15, 0.2) is 9.84 Å². The van der Waals surface area contributed by atoms with Gasteiger partial charge in [-0.1, -0.05) is 0 Å². The quantitative estimate of drug-likeness (QED) is 0.665. The summed E-state index contributed by atoms with van der Waals surface area (Å²) in [4.78, 5) is 0. The highest BCUT2D eigenvalue weighted by atomic mass is 32.2. The van der Waals surface area contributed by atoms with Gasteiger partial charge in [0.1, 0.15) is 5.82 Å². The van der Waals surface area contributed by atoms with Gasteiger partial charge in [0, 0.05) is 12.1 Å². The van der Waals surface area contributed by atoms with Gasteiger partial charge in [-0.2, -0.15) is 5.10 Å². The maximum absolute atomic E-state index is 11.1. The number of nitrogens with one attached hydrogen (secondary N) is 1. The molecule has 0 spiro atoms. The lowest BCUT2D eigenvalue weighted by atomic mass is 10.1. The molecule has 88 valence electrons. The van der Waals surface area contributed by atoms with Crippen molar-refractivity contribution >= 4 is 15.7 Å². The highest BCUT2D eigenvalue weighted by Gasteiger charge is 2.37. The van der Waals surface area contributed by atoms with Gasteiger partial charge in [-0.05, 0) is 13.0 Å². The predicted molar refractivity (Wildman–Crippen MR) is 59.7 cm³/mol. The summed E-state index contributed by atoms with van der Waals surface area (Å²) >= 11 is 0. The Labute approximate surface area is 93.7 Å². The number of hydrogen-bond acceptors (Lipinski definition) is 5. The maximum Gasteiger partial charge on any atom is 0.154 e. The molecule has 0 unspecified atom stereocenters. The zero-order chi connectivity index (χ0) is 11.3. The van der Waals surface area contributed by atoms with E-state index in [2.05, 4.69) is 10.4 Å². The summed E-state index contributed by atoms with van der Waals surface area (Å²) in [6.45, 7) is 1.64. The largest absolute Gasteiger partial charge is 0.384 e. The van der Waals surface area contributed by atoms with Crippen LogP contribution in [0.5, 0.6) is 0 Å². The Bertz CT molecular complexity index is 522. The molecule has 16 heavy (non-hydrogen) atoms. The Balaban J connectivity index is 1.94. The Morgan fingerprint density at radius 1 is 1.44 bits per heavy atom. The zero-order valence-corrected chi connectivity index (χ0v) is 9.63. The van der Waals surface area contributed by atoms with Gasteiger partial charge in [-0.3, -0.25) is 0 Å². The highest BCUT2D eigenvalue weighted by molar-refractivity contribution is 7.92. The molecule has 0 amide bonds. The minimum absolute atomic E-state index is 0.0596. The van der Waals surface area contributed by atoms with Crippen LogP contribution in [-0.2, 0) is 22.8 Å². The molecule has 0 atom stereocenters. The fourth-order valence-electron chi connectivity index (χ4n) is 2.32. The maximum atomic E-state index is 11.1. The molecule has 7 heteroatoms. The van der Waals surface area contributed by atoms with Crippen molar-refractivity contribution in [1.82, 2.24) is 15.1 Å². The second-order valence-electron chi connectivity index (χ2n) is 4.41. The van der Waals surface area contributed by atoms with E-state index in [0.29, 0.717) is 5.82 Å². The molecule has 3 rings (SSSR count). The van der Waals surface area contributed by atoms with Crippen molar-refractivity contribution < 1.29 is 8.42 Å². The van der Waals surface area contributed by atoms with E-state index in [1.165, 1.54) is 0 Å². The van der Waals surface area contributed by atoms with Crippen LogP contribution in [0, 0.1) is 0 Å². The van der Waals surface area contributed by atoms with E-state index in [0.717, 1.165) is 30.8 Å². The fraction of sp³-hybridized carbons (Fsp3) is 0.667. The van der Waals surface area contributed by atoms with E-state index in [1.54, 1.807) is 4.68 Å². The summed E-state index contributed by atoms with van der Waals surface area (Å²) in [6, 6.07) is -0.0596. The van der Waals surface area contributed by atoms with Crippen LogP contribution in [-0.4, -0.2) is 36.2 Å². The van der Waals surface area contributed by atoms with Crippen LogP contribution in [0.2, 0.25) is 0 Å². The van der Waals surface area contributed by atoms with Gasteiger partial charge >= 0.3 is 0 Å². The molecule has 1 aromatic rings. The first-order valence-corrected chi connectivity index (χ1v) is 7.16. The monoisotopic (exact) mass is 242 g/mol. The summed E-state index contributed by atoms with van der Waals surface area (Å²) < 4.78 is 24.0. The number of aromatic nitrogens is 2. The van der Waals surface area contributed by atoms with Gasteiger partial charge in [-0.15, -0.1) is 0 Å². The average Bonchev–Trinajstić information content (AvgIpc) is 2.53. The van der Waals surface area contributed by atoms with Crippen molar-refractivity contribution in [2.24, 2.45) is 0 Å². The molecule has 0 bridgehead atoms. The molecule has 1 saturated heterocycles. The molecule has 0 aliphatic carbocycles. The standard InChI is InChI=1S/C9H14N4O2S/c10-9-7-1-2-11-3-8(7)12-13(9)6-4-16(14,15)5-6/h6,11H,1-5,10H2. The summed E-state index contributed by atoms with van der Waals surface area (Å²) in [5.74, 6) is 0.993. The Hall–Kier alpha value is -1.08. The molecular weight excluding hydrogens is 228 g/mol. The highest BCUT2D eigenvalue weighted by Crippen LogP contribution is 2.29. The zero-order valence-electron chi connectivity index (χ0n) is 8.81. The predicted octanol–water partition coefficient (Wildman–Crippen LogP) is -0.920. The van der Waals surface area contributed by atoms with Crippen molar-refractivity contribution in [3.05, 3.63) is 11.3 Å². The summed E-state index contributed by atoms with van der Waals surface area (Å²) in [7, 11) is -2.83. The Morgan fingerprint density at radius 3 is 2.81 bits per heavy atom. The van der Waals surface area contributed by atoms with E-state index in [9.17, 15) is 8.42 Å². The van der Waals surface area contributed by atoms with Crippen LogP contribution in [0.4, 0.5) is 5.82 Å². The Morgan fingerprint density at radius 2 is 2.19 bits per heavy atom. The normalized spacial score (nSPS) is 23.8. The molecule has 1 aromatic heterocycles. The van der Waals surface area contributed by atoms with Crippen molar-refractivity contribution in [2.75, 3.05) is 23.8 Å². The molecule has 0 radical (unpaired) electrons. The number of sulfone groups is 1. The number of rotatable bonds is 1. The second-order valence-corrected chi connectivity index (χ2v) is 6.57.